The maximum atomic E-state index is 11.5. The molecule has 0 aliphatic heterocycles. The van der Waals surface area contributed by atoms with Gasteiger partial charge in [0.1, 0.15) is 0 Å². The highest BCUT2D eigenvalue weighted by molar-refractivity contribution is 8.14. The third-order valence-electron chi connectivity index (χ3n) is 1.26. The van der Waals surface area contributed by atoms with E-state index in [-0.39, 0.29) is 9.49 Å². The van der Waals surface area contributed by atoms with Crippen molar-refractivity contribution in [1.82, 2.24) is 0 Å². The van der Waals surface area contributed by atoms with Gasteiger partial charge in [0.25, 0.3) is 0 Å². The fourth-order valence-electron chi connectivity index (χ4n) is 0.833. The van der Waals surface area contributed by atoms with Gasteiger partial charge in [0, 0.05) is 21.7 Å². The zero-order valence-electron chi connectivity index (χ0n) is 10.1. The monoisotopic (exact) mass is 234 g/mol. The number of carbonyl (C=O) groups excluding carboxylic acids is 1. The Kier molecular flexibility index (Phi) is 5.60. The summed E-state index contributed by atoms with van der Waals surface area (Å²) in [6.07, 6.45) is 0.684. The van der Waals surface area contributed by atoms with Gasteiger partial charge in [0.2, 0.25) is 0 Å². The summed E-state index contributed by atoms with van der Waals surface area (Å²) in [7, 11) is 0. The van der Waals surface area contributed by atoms with Crippen LogP contribution in [-0.4, -0.2) is 20.4 Å². The van der Waals surface area contributed by atoms with Crippen molar-refractivity contribution in [2.75, 3.05) is 5.75 Å². The van der Waals surface area contributed by atoms with E-state index in [1.165, 1.54) is 11.8 Å². The van der Waals surface area contributed by atoms with E-state index in [9.17, 15) is 4.79 Å². The van der Waals surface area contributed by atoms with E-state index < -0.39 is 0 Å². The second-order valence-corrected chi connectivity index (χ2v) is 9.10. The molecule has 0 aliphatic carbocycles. The Balaban J connectivity index is 3.66. The van der Waals surface area contributed by atoms with Crippen molar-refractivity contribution >= 4 is 28.6 Å². The van der Waals surface area contributed by atoms with Crippen LogP contribution in [0.25, 0.3) is 0 Å². The van der Waals surface area contributed by atoms with Gasteiger partial charge < -0.3 is 0 Å². The van der Waals surface area contributed by atoms with Gasteiger partial charge in [0.15, 0.2) is 5.12 Å². The largest absolute Gasteiger partial charge is 0.287 e. The van der Waals surface area contributed by atoms with E-state index >= 15 is 0 Å². The molecule has 0 amide bonds. The van der Waals surface area contributed by atoms with Crippen LogP contribution in [0.1, 0.15) is 48.0 Å². The first-order valence-electron chi connectivity index (χ1n) is 4.96. The maximum Gasteiger partial charge on any atom is 0.190 e. The molecule has 0 heterocycles. The molecular weight excluding hydrogens is 212 g/mol. The number of thioether (sulfide) groups is 2. The predicted octanol–water partition coefficient (Wildman–Crippen LogP) is 3.97. The lowest BCUT2D eigenvalue weighted by Gasteiger charge is -2.18. The molecule has 0 saturated carbocycles. The van der Waals surface area contributed by atoms with Crippen molar-refractivity contribution in [2.24, 2.45) is 0 Å². The number of hydrogen-bond donors (Lipinski definition) is 0. The molecule has 0 aromatic rings. The van der Waals surface area contributed by atoms with E-state index in [2.05, 4.69) is 41.5 Å². The van der Waals surface area contributed by atoms with E-state index in [1.54, 1.807) is 0 Å². The molecule has 0 aliphatic rings. The fraction of sp³-hybridized carbons (Fsp3) is 0.909. The summed E-state index contributed by atoms with van der Waals surface area (Å²) < 4.78 is 0.330. The lowest BCUT2D eigenvalue weighted by Crippen LogP contribution is -2.13. The zero-order valence-corrected chi connectivity index (χ0v) is 11.8. The van der Waals surface area contributed by atoms with Crippen molar-refractivity contribution < 1.29 is 4.79 Å². The zero-order chi connectivity index (χ0) is 11.4. The smallest absolute Gasteiger partial charge is 0.190 e. The first kappa shape index (κ1) is 14.4. The highest BCUT2D eigenvalue weighted by atomic mass is 32.2. The molecule has 0 radical (unpaired) electrons. The molecule has 0 unspecified atom stereocenters. The van der Waals surface area contributed by atoms with E-state index in [0.29, 0.717) is 11.5 Å². The Morgan fingerprint density at radius 3 is 1.86 bits per heavy atom. The van der Waals surface area contributed by atoms with Crippen molar-refractivity contribution in [2.45, 2.75) is 57.5 Å². The van der Waals surface area contributed by atoms with E-state index in [0.717, 1.165) is 5.75 Å². The highest BCUT2D eigenvalue weighted by Crippen LogP contribution is 2.28. The van der Waals surface area contributed by atoms with Gasteiger partial charge in [0.05, 0.1) is 0 Å². The molecule has 3 heteroatoms. The van der Waals surface area contributed by atoms with E-state index in [1.807, 2.05) is 11.8 Å². The summed E-state index contributed by atoms with van der Waals surface area (Å²) >= 11 is 3.31. The fourth-order valence-corrected chi connectivity index (χ4v) is 2.75. The van der Waals surface area contributed by atoms with Crippen LogP contribution in [0, 0.1) is 0 Å². The Morgan fingerprint density at radius 2 is 1.50 bits per heavy atom. The van der Waals surface area contributed by atoms with Crippen LogP contribution in [0.15, 0.2) is 0 Å². The Labute approximate surface area is 96.8 Å². The standard InChI is InChI=1S/C11H22OS2/c1-10(2,3)13-8-7-9(12)14-11(4,5)6/h7-8H2,1-6H3. The van der Waals surface area contributed by atoms with Crippen LogP contribution >= 0.6 is 23.5 Å². The van der Waals surface area contributed by atoms with E-state index in [4.69, 9.17) is 0 Å². The molecule has 0 fully saturated rings. The SMILES string of the molecule is CC(C)(C)SCCC(=O)SC(C)(C)C. The first-order valence-corrected chi connectivity index (χ1v) is 6.76. The molecule has 0 atom stereocenters. The van der Waals surface area contributed by atoms with Crippen LogP contribution < -0.4 is 0 Å². The van der Waals surface area contributed by atoms with Crippen LogP contribution in [0.4, 0.5) is 0 Å². The van der Waals surface area contributed by atoms with Gasteiger partial charge >= 0.3 is 0 Å². The third-order valence-corrected chi connectivity index (χ3v) is 3.58. The highest BCUT2D eigenvalue weighted by Gasteiger charge is 2.17. The summed E-state index contributed by atoms with van der Waals surface area (Å²) in [6.45, 7) is 12.8. The minimum atomic E-state index is 0.0590. The lowest BCUT2D eigenvalue weighted by atomic mass is 10.3. The molecule has 0 rings (SSSR count). The molecule has 0 bridgehead atoms. The lowest BCUT2D eigenvalue weighted by molar-refractivity contribution is -0.110. The molecule has 0 aromatic heterocycles. The Bertz CT molecular complexity index is 186. The average molecular weight is 234 g/mol. The molecule has 0 N–H and O–H groups in total. The topological polar surface area (TPSA) is 17.1 Å². The third kappa shape index (κ3) is 10.5. The number of hydrogen-bond acceptors (Lipinski definition) is 3. The Hall–Kier alpha value is 0.370. The summed E-state index contributed by atoms with van der Waals surface area (Å²) in [4.78, 5) is 11.5. The summed E-state index contributed by atoms with van der Waals surface area (Å²) in [5, 5.41) is 0.314. The van der Waals surface area contributed by atoms with Gasteiger partial charge in [-0.05, 0) is 0 Å². The molecule has 0 aromatic carbocycles. The predicted molar refractivity (Wildman–Crippen MR) is 69.2 cm³/mol. The minimum Gasteiger partial charge on any atom is -0.287 e. The van der Waals surface area contributed by atoms with Gasteiger partial charge in [-0.15, -0.1) is 0 Å². The van der Waals surface area contributed by atoms with Crippen molar-refractivity contribution in [3.8, 4) is 0 Å². The first-order chi connectivity index (χ1) is 6.10. The second-order valence-electron chi connectivity index (χ2n) is 5.30. The average Bonchev–Trinajstić information content (AvgIpc) is 1.78. The maximum absolute atomic E-state index is 11.5. The van der Waals surface area contributed by atoms with Gasteiger partial charge in [-0.3, -0.25) is 4.79 Å². The molecular formula is C11H22OS2. The Morgan fingerprint density at radius 1 is 1.00 bits per heavy atom. The van der Waals surface area contributed by atoms with Crippen molar-refractivity contribution in [3.05, 3.63) is 0 Å². The van der Waals surface area contributed by atoms with Gasteiger partial charge in [-0.2, -0.15) is 11.8 Å². The van der Waals surface area contributed by atoms with Crippen molar-refractivity contribution in [3.63, 3.8) is 0 Å². The minimum absolute atomic E-state index is 0.0590. The van der Waals surface area contributed by atoms with Crippen LogP contribution in [-0.2, 0) is 4.79 Å². The molecule has 1 nitrogen and oxygen atoms in total. The molecule has 0 saturated heterocycles. The van der Waals surface area contributed by atoms with Crippen LogP contribution in [0.3, 0.4) is 0 Å². The van der Waals surface area contributed by atoms with Gasteiger partial charge in [-0.25, -0.2) is 0 Å². The summed E-state index contributed by atoms with van der Waals surface area (Å²) in [5.74, 6) is 0.936. The van der Waals surface area contributed by atoms with Crippen LogP contribution in [0.5, 0.6) is 0 Å². The molecule has 0 spiro atoms. The van der Waals surface area contributed by atoms with Gasteiger partial charge in [-0.1, -0.05) is 53.3 Å². The van der Waals surface area contributed by atoms with Crippen molar-refractivity contribution in [1.29, 1.82) is 0 Å². The summed E-state index contributed by atoms with van der Waals surface area (Å²) in [5.41, 5.74) is 0. The van der Waals surface area contributed by atoms with Crippen LogP contribution in [0.2, 0.25) is 0 Å². The number of carbonyl (C=O) groups is 1. The molecule has 84 valence electrons. The second kappa shape index (κ2) is 5.45. The summed E-state index contributed by atoms with van der Waals surface area (Å²) in [6, 6.07) is 0. The molecule has 14 heavy (non-hydrogen) atoms. The normalized spacial score (nSPS) is 13.0. The number of rotatable bonds is 3. The quantitative estimate of drug-likeness (QED) is 0.735.